The lowest BCUT2D eigenvalue weighted by Crippen LogP contribution is -2.29. The Morgan fingerprint density at radius 2 is 1.64 bits per heavy atom. The number of benzene rings is 1. The SMILES string of the molecule is Cl.OB(O)c1ccc2nccnc2c1. The summed E-state index contributed by atoms with van der Waals surface area (Å²) < 4.78 is 0. The molecule has 0 spiro atoms. The van der Waals surface area contributed by atoms with E-state index in [0.29, 0.717) is 11.0 Å². The minimum atomic E-state index is -1.45. The molecule has 0 bridgehead atoms. The van der Waals surface area contributed by atoms with E-state index in [9.17, 15) is 0 Å². The number of aromatic nitrogens is 2. The number of nitrogens with zero attached hydrogens (tertiary/aromatic N) is 2. The van der Waals surface area contributed by atoms with Gasteiger partial charge in [-0.2, -0.15) is 0 Å². The molecule has 1 aromatic heterocycles. The Hall–Kier alpha value is -1.17. The predicted octanol–water partition coefficient (Wildman–Crippen LogP) is -0.269. The molecule has 14 heavy (non-hydrogen) atoms. The van der Waals surface area contributed by atoms with Crippen LogP contribution < -0.4 is 5.46 Å². The van der Waals surface area contributed by atoms with Crippen molar-refractivity contribution in [3.8, 4) is 0 Å². The summed E-state index contributed by atoms with van der Waals surface area (Å²) in [5, 5.41) is 17.8. The standard InChI is InChI=1S/C8H7BN2O2.ClH/c12-9(13)6-1-2-7-8(5-6)11-4-3-10-7;/h1-5,12-13H;1H. The van der Waals surface area contributed by atoms with E-state index in [4.69, 9.17) is 10.0 Å². The zero-order valence-corrected chi connectivity index (χ0v) is 7.98. The van der Waals surface area contributed by atoms with Crippen molar-refractivity contribution in [3.05, 3.63) is 30.6 Å². The Labute approximate surface area is 87.2 Å². The molecule has 2 aromatic rings. The quantitative estimate of drug-likeness (QED) is 0.636. The minimum Gasteiger partial charge on any atom is -0.423 e. The fourth-order valence-corrected chi connectivity index (χ4v) is 1.14. The highest BCUT2D eigenvalue weighted by Crippen LogP contribution is 2.04. The fraction of sp³-hybridized carbons (Fsp3) is 0. The third kappa shape index (κ3) is 2.01. The third-order valence-corrected chi connectivity index (χ3v) is 1.79. The van der Waals surface area contributed by atoms with Crippen molar-refractivity contribution in [3.63, 3.8) is 0 Å². The second-order valence-electron chi connectivity index (χ2n) is 2.68. The van der Waals surface area contributed by atoms with E-state index < -0.39 is 7.12 Å². The maximum absolute atomic E-state index is 8.89. The summed E-state index contributed by atoms with van der Waals surface area (Å²) in [7, 11) is -1.45. The maximum atomic E-state index is 8.89. The second-order valence-corrected chi connectivity index (χ2v) is 2.68. The Morgan fingerprint density at radius 1 is 1.00 bits per heavy atom. The van der Waals surface area contributed by atoms with Gasteiger partial charge in [-0.15, -0.1) is 12.4 Å². The van der Waals surface area contributed by atoms with Crippen LogP contribution in [0.1, 0.15) is 0 Å². The van der Waals surface area contributed by atoms with E-state index in [1.807, 2.05) is 0 Å². The maximum Gasteiger partial charge on any atom is 0.488 e. The van der Waals surface area contributed by atoms with E-state index in [0.717, 1.165) is 5.52 Å². The fourth-order valence-electron chi connectivity index (χ4n) is 1.14. The smallest absolute Gasteiger partial charge is 0.423 e. The van der Waals surface area contributed by atoms with Crippen molar-refractivity contribution in [1.82, 2.24) is 9.97 Å². The zero-order chi connectivity index (χ0) is 9.26. The van der Waals surface area contributed by atoms with E-state index in [1.165, 1.54) is 0 Å². The van der Waals surface area contributed by atoms with Crippen LogP contribution in [0.2, 0.25) is 0 Å². The van der Waals surface area contributed by atoms with Crippen LogP contribution in [0.3, 0.4) is 0 Å². The zero-order valence-electron chi connectivity index (χ0n) is 7.16. The molecule has 2 rings (SSSR count). The van der Waals surface area contributed by atoms with Crippen molar-refractivity contribution in [2.75, 3.05) is 0 Å². The average Bonchev–Trinajstić information content (AvgIpc) is 2.17. The number of hydrogen-bond donors (Lipinski definition) is 2. The highest BCUT2D eigenvalue weighted by atomic mass is 35.5. The van der Waals surface area contributed by atoms with E-state index in [1.54, 1.807) is 30.6 Å². The molecule has 0 amide bonds. The molecule has 2 N–H and O–H groups in total. The van der Waals surface area contributed by atoms with Gasteiger partial charge in [0.05, 0.1) is 11.0 Å². The van der Waals surface area contributed by atoms with Gasteiger partial charge in [-0.05, 0) is 17.6 Å². The monoisotopic (exact) mass is 210 g/mol. The van der Waals surface area contributed by atoms with Gasteiger partial charge in [0.25, 0.3) is 0 Å². The van der Waals surface area contributed by atoms with Gasteiger partial charge in [-0.3, -0.25) is 9.97 Å². The van der Waals surface area contributed by atoms with Crippen LogP contribution in [-0.2, 0) is 0 Å². The first-order chi connectivity index (χ1) is 6.27. The van der Waals surface area contributed by atoms with Crippen molar-refractivity contribution < 1.29 is 10.0 Å². The Morgan fingerprint density at radius 3 is 2.29 bits per heavy atom. The average molecular weight is 210 g/mol. The molecule has 0 aliphatic rings. The van der Waals surface area contributed by atoms with Crippen molar-refractivity contribution >= 4 is 36.0 Å². The summed E-state index contributed by atoms with van der Waals surface area (Å²) in [5.74, 6) is 0. The molecule has 6 heteroatoms. The molecule has 0 saturated carbocycles. The molecule has 0 fully saturated rings. The first-order valence-electron chi connectivity index (χ1n) is 3.84. The molecule has 0 unspecified atom stereocenters. The first-order valence-corrected chi connectivity index (χ1v) is 3.84. The Kier molecular flexibility index (Phi) is 3.40. The minimum absolute atomic E-state index is 0. The summed E-state index contributed by atoms with van der Waals surface area (Å²) in [6.45, 7) is 0. The number of rotatable bonds is 1. The van der Waals surface area contributed by atoms with Crippen molar-refractivity contribution in [2.24, 2.45) is 0 Å². The van der Waals surface area contributed by atoms with E-state index in [2.05, 4.69) is 9.97 Å². The summed E-state index contributed by atoms with van der Waals surface area (Å²) in [6, 6.07) is 4.92. The molecule has 0 aliphatic carbocycles. The lowest BCUT2D eigenvalue weighted by atomic mass is 9.80. The summed E-state index contributed by atoms with van der Waals surface area (Å²) >= 11 is 0. The van der Waals surface area contributed by atoms with E-state index in [-0.39, 0.29) is 12.4 Å². The number of hydrogen-bond acceptors (Lipinski definition) is 4. The normalized spacial score (nSPS) is 9.57. The van der Waals surface area contributed by atoms with E-state index >= 15 is 0 Å². The highest BCUT2D eigenvalue weighted by molar-refractivity contribution is 6.58. The highest BCUT2D eigenvalue weighted by Gasteiger charge is 2.10. The van der Waals surface area contributed by atoms with Crippen LogP contribution in [0.4, 0.5) is 0 Å². The van der Waals surface area contributed by atoms with Gasteiger partial charge in [-0.25, -0.2) is 0 Å². The molecule has 0 radical (unpaired) electrons. The van der Waals surface area contributed by atoms with Crippen molar-refractivity contribution in [1.29, 1.82) is 0 Å². The van der Waals surface area contributed by atoms with Crippen molar-refractivity contribution in [2.45, 2.75) is 0 Å². The topological polar surface area (TPSA) is 66.2 Å². The molecular formula is C8H8BClN2O2. The van der Waals surface area contributed by atoms with Gasteiger partial charge >= 0.3 is 7.12 Å². The van der Waals surface area contributed by atoms with Gasteiger partial charge in [0.2, 0.25) is 0 Å². The molecule has 1 heterocycles. The van der Waals surface area contributed by atoms with Gasteiger partial charge < -0.3 is 10.0 Å². The van der Waals surface area contributed by atoms with Crippen LogP contribution in [0.25, 0.3) is 11.0 Å². The Balaban J connectivity index is 0.000000980. The largest absolute Gasteiger partial charge is 0.488 e. The summed E-state index contributed by atoms with van der Waals surface area (Å²) in [4.78, 5) is 8.10. The van der Waals surface area contributed by atoms with Crippen LogP contribution in [0, 0.1) is 0 Å². The molecular weight excluding hydrogens is 202 g/mol. The van der Waals surface area contributed by atoms with Gasteiger partial charge in [0, 0.05) is 12.4 Å². The molecule has 0 aliphatic heterocycles. The summed E-state index contributed by atoms with van der Waals surface area (Å²) in [5.41, 5.74) is 1.83. The molecule has 4 nitrogen and oxygen atoms in total. The van der Waals surface area contributed by atoms with Gasteiger partial charge in [0.15, 0.2) is 0 Å². The van der Waals surface area contributed by atoms with Crippen LogP contribution in [-0.4, -0.2) is 27.1 Å². The third-order valence-electron chi connectivity index (χ3n) is 1.79. The molecule has 1 aromatic carbocycles. The first kappa shape index (κ1) is 10.9. The van der Waals surface area contributed by atoms with Crippen LogP contribution in [0.5, 0.6) is 0 Å². The van der Waals surface area contributed by atoms with Gasteiger partial charge in [-0.1, -0.05) is 6.07 Å². The molecule has 72 valence electrons. The molecule has 0 atom stereocenters. The van der Waals surface area contributed by atoms with Crippen LogP contribution >= 0.6 is 12.4 Å². The molecule has 0 saturated heterocycles. The lowest BCUT2D eigenvalue weighted by molar-refractivity contribution is 0.426. The summed E-state index contributed by atoms with van der Waals surface area (Å²) in [6.07, 6.45) is 3.16. The predicted molar refractivity (Wildman–Crippen MR) is 56.6 cm³/mol. The van der Waals surface area contributed by atoms with Gasteiger partial charge in [0.1, 0.15) is 0 Å². The Bertz CT molecular complexity index is 438. The number of fused-ring (bicyclic) bond motifs is 1. The second kappa shape index (κ2) is 4.37. The number of halogens is 1. The van der Waals surface area contributed by atoms with Crippen LogP contribution in [0.15, 0.2) is 30.6 Å². The lowest BCUT2D eigenvalue weighted by Gasteiger charge is -1.99.